The number of hydrogen-bond donors (Lipinski definition) is 1. The lowest BCUT2D eigenvalue weighted by Gasteiger charge is -2.27. The van der Waals surface area contributed by atoms with Gasteiger partial charge in [0.05, 0.1) is 0 Å². The lowest BCUT2D eigenvalue weighted by Crippen LogP contribution is -2.42. The van der Waals surface area contributed by atoms with E-state index in [2.05, 4.69) is 46.1 Å². The van der Waals surface area contributed by atoms with E-state index in [1.54, 1.807) is 0 Å². The lowest BCUT2D eigenvalue weighted by molar-refractivity contribution is 0.455. The minimum atomic E-state index is 0. The molecule has 0 amide bonds. The van der Waals surface area contributed by atoms with Crippen LogP contribution in [0.1, 0.15) is 12.8 Å². The minimum Gasteiger partial charge on any atom is -0.375 e. The second-order valence-corrected chi connectivity index (χ2v) is 6.53. The second-order valence-electron chi connectivity index (χ2n) is 5.30. The van der Waals surface area contributed by atoms with Gasteiger partial charge in [-0.3, -0.25) is 4.99 Å². The number of guanidine groups is 1. The standard InChI is InChI=1S/C16H26N4S.HI/c1-19(15-7-3-2-4-8-15)10-6-5-9-18-16(17)20-11-13-21-14-12-20;/h2-4,7-8H,5-6,9-14H2,1H3,(H2,17,18);1H. The van der Waals surface area contributed by atoms with Crippen LogP contribution in [0.5, 0.6) is 0 Å². The molecule has 1 fully saturated rings. The van der Waals surface area contributed by atoms with Crippen molar-refractivity contribution in [2.75, 3.05) is 49.6 Å². The fraction of sp³-hybridized carbons (Fsp3) is 0.562. The molecule has 0 spiro atoms. The Bertz CT molecular complexity index is 435. The Balaban J connectivity index is 0.00000242. The maximum absolute atomic E-state index is 6.04. The largest absolute Gasteiger partial charge is 0.375 e. The highest BCUT2D eigenvalue weighted by Crippen LogP contribution is 2.11. The van der Waals surface area contributed by atoms with Crippen LogP contribution in [0.4, 0.5) is 5.69 Å². The predicted molar refractivity (Wildman–Crippen MR) is 110 cm³/mol. The summed E-state index contributed by atoms with van der Waals surface area (Å²) in [6.07, 6.45) is 2.22. The van der Waals surface area contributed by atoms with Gasteiger partial charge in [0.1, 0.15) is 0 Å². The Morgan fingerprint density at radius 1 is 1.23 bits per heavy atom. The number of halogens is 1. The van der Waals surface area contributed by atoms with E-state index in [1.165, 1.54) is 5.69 Å². The van der Waals surface area contributed by atoms with Gasteiger partial charge in [-0.1, -0.05) is 18.2 Å². The number of nitrogens with two attached hydrogens (primary N) is 1. The third-order valence-corrected chi connectivity index (χ3v) is 4.65. The molecule has 2 rings (SSSR count). The van der Waals surface area contributed by atoms with Crippen molar-refractivity contribution in [1.29, 1.82) is 0 Å². The van der Waals surface area contributed by atoms with Gasteiger partial charge in [0, 0.05) is 50.4 Å². The van der Waals surface area contributed by atoms with Crippen LogP contribution in [0.3, 0.4) is 0 Å². The molecule has 124 valence electrons. The van der Waals surface area contributed by atoms with Gasteiger partial charge in [0.15, 0.2) is 5.96 Å². The first-order valence-electron chi connectivity index (χ1n) is 7.66. The molecule has 1 saturated heterocycles. The van der Waals surface area contributed by atoms with Crippen molar-refractivity contribution >= 4 is 47.4 Å². The molecule has 0 unspecified atom stereocenters. The Hall–Kier alpha value is -0.630. The zero-order valence-electron chi connectivity index (χ0n) is 13.3. The highest BCUT2D eigenvalue weighted by Gasteiger charge is 2.11. The number of unbranched alkanes of at least 4 members (excludes halogenated alkanes) is 1. The summed E-state index contributed by atoms with van der Waals surface area (Å²) in [5.41, 5.74) is 7.31. The summed E-state index contributed by atoms with van der Waals surface area (Å²) in [5, 5.41) is 0. The molecule has 0 bridgehead atoms. The van der Waals surface area contributed by atoms with E-state index in [1.807, 2.05) is 17.8 Å². The van der Waals surface area contributed by atoms with Gasteiger partial charge in [-0.15, -0.1) is 24.0 Å². The van der Waals surface area contributed by atoms with Crippen LogP contribution in [0, 0.1) is 0 Å². The van der Waals surface area contributed by atoms with Crippen LogP contribution < -0.4 is 10.6 Å². The minimum absolute atomic E-state index is 0. The number of benzene rings is 1. The number of para-hydroxylation sites is 1. The van der Waals surface area contributed by atoms with Gasteiger partial charge in [-0.05, 0) is 25.0 Å². The SMILES string of the molecule is CN(CCCCN=C(N)N1CCSCC1)c1ccccc1.I. The molecule has 1 heterocycles. The van der Waals surface area contributed by atoms with Crippen molar-refractivity contribution in [1.82, 2.24) is 4.90 Å². The third kappa shape index (κ3) is 6.64. The molecule has 0 radical (unpaired) electrons. The van der Waals surface area contributed by atoms with E-state index in [0.29, 0.717) is 0 Å². The summed E-state index contributed by atoms with van der Waals surface area (Å²) in [6.45, 7) is 3.96. The summed E-state index contributed by atoms with van der Waals surface area (Å²) >= 11 is 1.99. The second kappa shape index (κ2) is 11.0. The van der Waals surface area contributed by atoms with Crippen LogP contribution >= 0.6 is 35.7 Å². The monoisotopic (exact) mass is 434 g/mol. The molecule has 0 aromatic heterocycles. The highest BCUT2D eigenvalue weighted by molar-refractivity contribution is 14.0. The van der Waals surface area contributed by atoms with E-state index in [-0.39, 0.29) is 24.0 Å². The molecule has 0 atom stereocenters. The molecule has 4 nitrogen and oxygen atoms in total. The number of anilines is 1. The van der Waals surface area contributed by atoms with Crippen LogP contribution in [0.2, 0.25) is 0 Å². The molecular weight excluding hydrogens is 407 g/mol. The molecule has 1 aliphatic heterocycles. The van der Waals surface area contributed by atoms with Crippen molar-refractivity contribution in [2.24, 2.45) is 10.7 Å². The van der Waals surface area contributed by atoms with Crippen molar-refractivity contribution in [3.63, 3.8) is 0 Å². The zero-order valence-corrected chi connectivity index (χ0v) is 16.4. The predicted octanol–water partition coefficient (Wildman–Crippen LogP) is 2.88. The number of rotatable bonds is 6. The summed E-state index contributed by atoms with van der Waals surface area (Å²) < 4.78 is 0. The fourth-order valence-corrected chi connectivity index (χ4v) is 3.26. The fourth-order valence-electron chi connectivity index (χ4n) is 2.36. The van der Waals surface area contributed by atoms with E-state index in [9.17, 15) is 0 Å². The van der Waals surface area contributed by atoms with Crippen LogP contribution in [-0.4, -0.2) is 55.6 Å². The van der Waals surface area contributed by atoms with Crippen molar-refractivity contribution in [2.45, 2.75) is 12.8 Å². The van der Waals surface area contributed by atoms with E-state index < -0.39 is 0 Å². The number of aliphatic imine (C=N–C) groups is 1. The Labute approximate surface area is 155 Å². The van der Waals surface area contributed by atoms with Gasteiger partial charge in [0.2, 0.25) is 0 Å². The molecule has 22 heavy (non-hydrogen) atoms. The zero-order chi connectivity index (χ0) is 14.9. The molecule has 1 aliphatic rings. The summed E-state index contributed by atoms with van der Waals surface area (Å²) in [4.78, 5) is 9.00. The van der Waals surface area contributed by atoms with Crippen LogP contribution in [-0.2, 0) is 0 Å². The Morgan fingerprint density at radius 2 is 1.91 bits per heavy atom. The van der Waals surface area contributed by atoms with E-state index in [0.717, 1.165) is 56.5 Å². The Kier molecular flexibility index (Phi) is 9.70. The van der Waals surface area contributed by atoms with Gasteiger partial charge >= 0.3 is 0 Å². The van der Waals surface area contributed by atoms with Crippen LogP contribution in [0.25, 0.3) is 0 Å². The Morgan fingerprint density at radius 3 is 2.59 bits per heavy atom. The molecule has 0 saturated carbocycles. The smallest absolute Gasteiger partial charge is 0.191 e. The first-order chi connectivity index (χ1) is 10.3. The van der Waals surface area contributed by atoms with Crippen molar-refractivity contribution < 1.29 is 0 Å². The summed E-state index contributed by atoms with van der Waals surface area (Å²) in [6, 6.07) is 10.5. The molecular formula is C16H27IN4S. The third-order valence-electron chi connectivity index (χ3n) is 3.71. The average molecular weight is 434 g/mol. The van der Waals surface area contributed by atoms with E-state index in [4.69, 9.17) is 5.73 Å². The average Bonchev–Trinajstić information content (AvgIpc) is 2.55. The van der Waals surface area contributed by atoms with Crippen molar-refractivity contribution in [3.05, 3.63) is 30.3 Å². The van der Waals surface area contributed by atoms with Gasteiger partial charge in [0.25, 0.3) is 0 Å². The molecule has 6 heteroatoms. The maximum atomic E-state index is 6.04. The number of thioether (sulfide) groups is 1. The first kappa shape index (κ1) is 19.4. The number of nitrogens with zero attached hydrogens (tertiary/aromatic N) is 3. The molecule has 2 N–H and O–H groups in total. The lowest BCUT2D eigenvalue weighted by atomic mass is 10.2. The van der Waals surface area contributed by atoms with Gasteiger partial charge in [-0.2, -0.15) is 11.8 Å². The topological polar surface area (TPSA) is 44.9 Å². The highest BCUT2D eigenvalue weighted by atomic mass is 127. The number of hydrogen-bond acceptors (Lipinski definition) is 3. The molecule has 0 aliphatic carbocycles. The quantitative estimate of drug-likeness (QED) is 0.324. The van der Waals surface area contributed by atoms with Gasteiger partial charge in [-0.25, -0.2) is 0 Å². The maximum Gasteiger partial charge on any atom is 0.191 e. The normalized spacial score (nSPS) is 15.3. The van der Waals surface area contributed by atoms with Crippen LogP contribution in [0.15, 0.2) is 35.3 Å². The molecule has 1 aromatic rings. The first-order valence-corrected chi connectivity index (χ1v) is 8.81. The summed E-state index contributed by atoms with van der Waals surface area (Å²) in [5.74, 6) is 3.06. The van der Waals surface area contributed by atoms with Crippen molar-refractivity contribution in [3.8, 4) is 0 Å². The van der Waals surface area contributed by atoms with E-state index >= 15 is 0 Å². The molecule has 1 aromatic carbocycles. The summed E-state index contributed by atoms with van der Waals surface area (Å²) in [7, 11) is 2.14. The van der Waals surface area contributed by atoms with Gasteiger partial charge < -0.3 is 15.5 Å².